The van der Waals surface area contributed by atoms with Crippen molar-refractivity contribution in [3.05, 3.63) is 35.5 Å². The number of aliphatic hydroxyl groups is 1. The normalized spacial score (nSPS) is 19.0. The lowest BCUT2D eigenvalue weighted by Crippen LogP contribution is -2.43. The topological polar surface area (TPSA) is 149 Å². The number of rotatable bonds is 10. The zero-order valence-corrected chi connectivity index (χ0v) is 18.6. The lowest BCUT2D eigenvalue weighted by atomic mass is 9.89. The van der Waals surface area contributed by atoms with Crippen molar-refractivity contribution < 1.29 is 9.84 Å². The fraction of sp³-hybridized carbons (Fsp3) is 0.500. The first-order valence-electron chi connectivity index (χ1n) is 11.0. The highest BCUT2D eigenvalue weighted by Crippen LogP contribution is 2.25. The number of hydrogen-bond donors (Lipinski definition) is 5. The molecule has 0 radical (unpaired) electrons. The number of methoxy groups -OCH3 is 1. The van der Waals surface area contributed by atoms with Crippen LogP contribution >= 0.6 is 0 Å². The molecule has 1 aliphatic rings. The Kier molecular flexibility index (Phi) is 6.73. The summed E-state index contributed by atoms with van der Waals surface area (Å²) in [5.41, 5.74) is 15.4. The minimum atomic E-state index is -0.230. The molecular weight excluding hydrogens is 408 g/mol. The quantitative estimate of drug-likeness (QED) is 0.296. The molecule has 172 valence electrons. The molecule has 1 fully saturated rings. The number of aliphatic hydroxyl groups excluding tert-OH is 1. The van der Waals surface area contributed by atoms with Gasteiger partial charge in [-0.15, -0.1) is 0 Å². The summed E-state index contributed by atoms with van der Waals surface area (Å²) in [4.78, 5) is 8.61. The molecule has 2 aromatic heterocycles. The molecule has 4 rings (SSSR count). The van der Waals surface area contributed by atoms with Gasteiger partial charge in [-0.2, -0.15) is 10.1 Å². The van der Waals surface area contributed by atoms with Gasteiger partial charge in [0.1, 0.15) is 11.3 Å². The number of nitrogens with one attached hydrogen (secondary N) is 2. The molecule has 0 amide bonds. The Balaban J connectivity index is 1.50. The van der Waals surface area contributed by atoms with E-state index in [2.05, 4.69) is 38.7 Å². The molecule has 0 saturated heterocycles. The summed E-state index contributed by atoms with van der Waals surface area (Å²) in [5, 5.41) is 20.8. The number of aromatic nitrogens is 4. The SMILES string of the molecule is CCCC(N)Nc1nc(N)nc2cn(Cc3ccc(CNC4CC(O)C4)cc3OC)nc12. The van der Waals surface area contributed by atoms with Crippen molar-refractivity contribution in [2.24, 2.45) is 5.73 Å². The van der Waals surface area contributed by atoms with Crippen molar-refractivity contribution in [2.75, 3.05) is 18.2 Å². The number of anilines is 2. The second-order valence-electron chi connectivity index (χ2n) is 8.38. The number of hydrogen-bond acceptors (Lipinski definition) is 9. The van der Waals surface area contributed by atoms with Gasteiger partial charge in [-0.1, -0.05) is 25.5 Å². The molecule has 10 nitrogen and oxygen atoms in total. The van der Waals surface area contributed by atoms with Crippen LogP contribution in [0.4, 0.5) is 11.8 Å². The van der Waals surface area contributed by atoms with Gasteiger partial charge in [0.2, 0.25) is 5.95 Å². The van der Waals surface area contributed by atoms with Gasteiger partial charge in [-0.25, -0.2) is 4.98 Å². The third-order valence-corrected chi connectivity index (χ3v) is 5.74. The van der Waals surface area contributed by atoms with Crippen LogP contribution in [0.25, 0.3) is 11.0 Å². The van der Waals surface area contributed by atoms with Crippen LogP contribution in [-0.4, -0.2) is 50.3 Å². The summed E-state index contributed by atoms with van der Waals surface area (Å²) >= 11 is 0. The number of nitrogen functional groups attached to an aromatic ring is 1. The number of nitrogens with two attached hydrogens (primary N) is 2. The Bertz CT molecular complexity index is 1060. The Hall–Kier alpha value is -2.95. The highest BCUT2D eigenvalue weighted by atomic mass is 16.5. The molecule has 2 heterocycles. The maximum atomic E-state index is 9.43. The van der Waals surface area contributed by atoms with E-state index in [1.807, 2.05) is 18.3 Å². The minimum Gasteiger partial charge on any atom is -0.496 e. The Labute approximate surface area is 187 Å². The van der Waals surface area contributed by atoms with Gasteiger partial charge >= 0.3 is 0 Å². The molecule has 10 heteroatoms. The number of fused-ring (bicyclic) bond motifs is 1. The van der Waals surface area contributed by atoms with Crippen LogP contribution in [-0.2, 0) is 13.1 Å². The molecule has 0 spiro atoms. The molecule has 1 aliphatic carbocycles. The average Bonchev–Trinajstić information content (AvgIpc) is 3.13. The molecule has 1 atom stereocenters. The predicted molar refractivity (Wildman–Crippen MR) is 124 cm³/mol. The van der Waals surface area contributed by atoms with Crippen molar-refractivity contribution >= 4 is 22.8 Å². The summed E-state index contributed by atoms with van der Waals surface area (Å²) in [5.74, 6) is 1.52. The van der Waals surface area contributed by atoms with Crippen LogP contribution in [0.15, 0.2) is 24.4 Å². The Morgan fingerprint density at radius 2 is 2.12 bits per heavy atom. The zero-order valence-electron chi connectivity index (χ0n) is 18.6. The molecule has 1 aromatic carbocycles. The van der Waals surface area contributed by atoms with Crippen LogP contribution in [0.2, 0.25) is 0 Å². The first-order chi connectivity index (χ1) is 15.4. The summed E-state index contributed by atoms with van der Waals surface area (Å²) < 4.78 is 7.44. The largest absolute Gasteiger partial charge is 0.496 e. The second kappa shape index (κ2) is 9.68. The molecule has 1 unspecified atom stereocenters. The van der Waals surface area contributed by atoms with E-state index in [-0.39, 0.29) is 18.2 Å². The van der Waals surface area contributed by atoms with E-state index in [9.17, 15) is 5.11 Å². The standard InChI is InChI=1S/C22H32N8O2/c1-3-4-19(23)27-21-20-17(26-22(24)28-21)12-30(29-20)11-14-6-5-13(7-18(14)32-2)10-25-15-8-16(31)9-15/h5-7,12,15-16,19,25,31H,3-4,8-11,23H2,1-2H3,(H3,24,26,27,28). The fourth-order valence-electron chi connectivity index (χ4n) is 3.94. The zero-order chi connectivity index (χ0) is 22.7. The van der Waals surface area contributed by atoms with Crippen molar-refractivity contribution in [1.29, 1.82) is 0 Å². The first-order valence-corrected chi connectivity index (χ1v) is 11.0. The summed E-state index contributed by atoms with van der Waals surface area (Å²) in [6.45, 7) is 3.33. The predicted octanol–water partition coefficient (Wildman–Crippen LogP) is 1.58. The lowest BCUT2D eigenvalue weighted by Gasteiger charge is -2.32. The van der Waals surface area contributed by atoms with E-state index < -0.39 is 0 Å². The highest BCUT2D eigenvalue weighted by molar-refractivity contribution is 5.85. The van der Waals surface area contributed by atoms with Gasteiger partial charge in [0.15, 0.2) is 11.3 Å². The van der Waals surface area contributed by atoms with E-state index in [0.717, 1.165) is 49.1 Å². The van der Waals surface area contributed by atoms with Gasteiger partial charge < -0.3 is 31.9 Å². The van der Waals surface area contributed by atoms with E-state index in [1.165, 1.54) is 0 Å². The number of nitrogens with zero attached hydrogens (tertiary/aromatic N) is 4. The molecule has 0 aliphatic heterocycles. The van der Waals surface area contributed by atoms with E-state index >= 15 is 0 Å². The maximum absolute atomic E-state index is 9.43. The van der Waals surface area contributed by atoms with Crippen LogP contribution in [0, 0.1) is 0 Å². The summed E-state index contributed by atoms with van der Waals surface area (Å²) in [6, 6.07) is 6.55. The van der Waals surface area contributed by atoms with Gasteiger partial charge in [-0.3, -0.25) is 4.68 Å². The minimum absolute atomic E-state index is 0.160. The van der Waals surface area contributed by atoms with E-state index in [1.54, 1.807) is 11.8 Å². The third-order valence-electron chi connectivity index (χ3n) is 5.74. The average molecular weight is 441 g/mol. The van der Waals surface area contributed by atoms with E-state index in [0.29, 0.717) is 29.4 Å². The monoisotopic (exact) mass is 440 g/mol. The fourth-order valence-corrected chi connectivity index (χ4v) is 3.94. The smallest absolute Gasteiger partial charge is 0.222 e. The Morgan fingerprint density at radius 1 is 1.31 bits per heavy atom. The van der Waals surface area contributed by atoms with Gasteiger partial charge in [-0.05, 0) is 30.9 Å². The summed E-state index contributed by atoms with van der Waals surface area (Å²) in [7, 11) is 1.67. The lowest BCUT2D eigenvalue weighted by molar-refractivity contribution is 0.0619. The molecule has 3 aromatic rings. The van der Waals surface area contributed by atoms with Crippen molar-refractivity contribution in [2.45, 2.75) is 64.0 Å². The molecule has 1 saturated carbocycles. The van der Waals surface area contributed by atoms with Crippen molar-refractivity contribution in [3.63, 3.8) is 0 Å². The van der Waals surface area contributed by atoms with Gasteiger partial charge in [0.05, 0.1) is 32.1 Å². The first kappa shape index (κ1) is 22.3. The van der Waals surface area contributed by atoms with Crippen LogP contribution in [0.3, 0.4) is 0 Å². The molecule has 32 heavy (non-hydrogen) atoms. The van der Waals surface area contributed by atoms with Crippen molar-refractivity contribution in [3.8, 4) is 5.75 Å². The third kappa shape index (κ3) is 5.09. The summed E-state index contributed by atoms with van der Waals surface area (Å²) in [6.07, 6.45) is 4.86. The highest BCUT2D eigenvalue weighted by Gasteiger charge is 2.26. The molecular formula is C22H32N8O2. The van der Waals surface area contributed by atoms with Crippen LogP contribution in [0.5, 0.6) is 5.75 Å². The van der Waals surface area contributed by atoms with Crippen LogP contribution in [0.1, 0.15) is 43.7 Å². The van der Waals surface area contributed by atoms with Crippen molar-refractivity contribution in [1.82, 2.24) is 25.1 Å². The molecule has 0 bridgehead atoms. The van der Waals surface area contributed by atoms with E-state index in [4.69, 9.17) is 16.2 Å². The Morgan fingerprint density at radius 3 is 2.84 bits per heavy atom. The van der Waals surface area contributed by atoms with Crippen LogP contribution < -0.4 is 26.8 Å². The number of ether oxygens (including phenoxy) is 1. The second-order valence-corrected chi connectivity index (χ2v) is 8.38. The number of benzene rings is 1. The van der Waals surface area contributed by atoms with Gasteiger partial charge in [0.25, 0.3) is 0 Å². The maximum Gasteiger partial charge on any atom is 0.222 e. The van der Waals surface area contributed by atoms with Gasteiger partial charge in [0, 0.05) is 18.2 Å². The molecule has 7 N–H and O–H groups in total.